The first-order valence-corrected chi connectivity index (χ1v) is 7.50. The minimum atomic E-state index is -2.46. The first kappa shape index (κ1) is 12.4. The van der Waals surface area contributed by atoms with Crippen molar-refractivity contribution in [2.24, 2.45) is 5.41 Å². The molecule has 1 saturated carbocycles. The summed E-state index contributed by atoms with van der Waals surface area (Å²) in [5.74, 6) is -2.74. The lowest BCUT2D eigenvalue weighted by Gasteiger charge is -2.31. The maximum atomic E-state index is 13.3. The molecule has 2 nitrogen and oxygen atoms in total. The topological polar surface area (TPSA) is 16.1 Å². The molecule has 0 atom stereocenters. The van der Waals surface area contributed by atoms with Crippen LogP contribution in [0.5, 0.6) is 0 Å². The number of anilines is 1. The monoisotopic (exact) mass is 298 g/mol. The van der Waals surface area contributed by atoms with Crippen molar-refractivity contribution < 1.29 is 13.2 Å². The van der Waals surface area contributed by atoms with E-state index in [0.717, 1.165) is 15.3 Å². The molecule has 4 rings (SSSR count). The van der Waals surface area contributed by atoms with Crippen molar-refractivity contribution in [1.29, 1.82) is 0 Å². The van der Waals surface area contributed by atoms with Crippen LogP contribution in [0, 0.1) is 11.2 Å². The van der Waals surface area contributed by atoms with Crippen LogP contribution in [0.1, 0.15) is 19.3 Å². The van der Waals surface area contributed by atoms with Crippen LogP contribution in [-0.4, -0.2) is 24.0 Å². The Bertz CT molecular complexity index is 674. The molecule has 1 aromatic heterocycles. The molecule has 0 bridgehead atoms. The normalized spacial score (nSPS) is 23.4. The molecule has 0 radical (unpaired) electrons. The van der Waals surface area contributed by atoms with Crippen molar-refractivity contribution in [1.82, 2.24) is 4.98 Å². The molecule has 1 aliphatic carbocycles. The predicted molar refractivity (Wildman–Crippen MR) is 73.0 cm³/mol. The average Bonchev–Trinajstić information content (AvgIpc) is 2.77. The SMILES string of the molecule is Fc1ccc2nc(N3CCC4(CC3)CC4(F)F)sc2c1. The fourth-order valence-corrected chi connectivity index (χ4v) is 4.11. The first-order chi connectivity index (χ1) is 9.49. The minimum absolute atomic E-state index is 0.0406. The van der Waals surface area contributed by atoms with Gasteiger partial charge in [0.15, 0.2) is 5.13 Å². The minimum Gasteiger partial charge on any atom is -0.348 e. The molecule has 0 N–H and O–H groups in total. The maximum absolute atomic E-state index is 13.3. The zero-order valence-electron chi connectivity index (χ0n) is 10.7. The number of rotatable bonds is 1. The number of piperidine rings is 1. The fraction of sp³-hybridized carbons (Fsp3) is 0.500. The van der Waals surface area contributed by atoms with E-state index >= 15 is 0 Å². The number of nitrogens with zero attached hydrogens (tertiary/aromatic N) is 2. The van der Waals surface area contributed by atoms with Crippen LogP contribution in [0.2, 0.25) is 0 Å². The van der Waals surface area contributed by atoms with Crippen molar-refractivity contribution in [3.05, 3.63) is 24.0 Å². The highest BCUT2D eigenvalue weighted by atomic mass is 32.1. The quantitative estimate of drug-likeness (QED) is 0.789. The summed E-state index contributed by atoms with van der Waals surface area (Å²) >= 11 is 1.43. The van der Waals surface area contributed by atoms with Gasteiger partial charge in [-0.05, 0) is 31.0 Å². The highest BCUT2D eigenvalue weighted by molar-refractivity contribution is 7.22. The third kappa shape index (κ3) is 1.74. The molecule has 1 aromatic carbocycles. The largest absolute Gasteiger partial charge is 0.348 e. The Morgan fingerprint density at radius 3 is 2.55 bits per heavy atom. The van der Waals surface area contributed by atoms with Gasteiger partial charge < -0.3 is 4.90 Å². The number of halogens is 3. The molecule has 1 spiro atoms. The van der Waals surface area contributed by atoms with Gasteiger partial charge >= 0.3 is 0 Å². The van der Waals surface area contributed by atoms with E-state index in [1.165, 1.54) is 23.5 Å². The Balaban J connectivity index is 1.56. The van der Waals surface area contributed by atoms with Crippen molar-refractivity contribution in [2.45, 2.75) is 25.2 Å². The summed E-state index contributed by atoms with van der Waals surface area (Å²) in [6.45, 7) is 1.22. The Hall–Kier alpha value is -1.30. The van der Waals surface area contributed by atoms with Gasteiger partial charge in [-0.25, -0.2) is 18.2 Å². The molecular formula is C14H13F3N2S. The third-order valence-electron chi connectivity index (χ3n) is 4.54. The highest BCUT2D eigenvalue weighted by Crippen LogP contribution is 2.66. The van der Waals surface area contributed by atoms with Crippen molar-refractivity contribution in [3.8, 4) is 0 Å². The Labute approximate surface area is 118 Å². The smallest absolute Gasteiger partial charge is 0.254 e. The zero-order valence-corrected chi connectivity index (χ0v) is 11.5. The van der Waals surface area contributed by atoms with Crippen molar-refractivity contribution in [2.75, 3.05) is 18.0 Å². The van der Waals surface area contributed by atoms with E-state index in [0.29, 0.717) is 25.9 Å². The number of fused-ring (bicyclic) bond motifs is 1. The van der Waals surface area contributed by atoms with E-state index in [1.54, 1.807) is 6.07 Å². The van der Waals surface area contributed by atoms with Gasteiger partial charge in [-0.1, -0.05) is 11.3 Å². The lowest BCUT2D eigenvalue weighted by molar-refractivity contribution is 0.0537. The Morgan fingerprint density at radius 1 is 1.20 bits per heavy atom. The number of hydrogen-bond donors (Lipinski definition) is 0. The number of hydrogen-bond acceptors (Lipinski definition) is 3. The summed E-state index contributed by atoms with van der Waals surface area (Å²) in [7, 11) is 0. The first-order valence-electron chi connectivity index (χ1n) is 6.68. The van der Waals surface area contributed by atoms with Gasteiger partial charge in [-0.2, -0.15) is 0 Å². The van der Waals surface area contributed by atoms with E-state index in [-0.39, 0.29) is 12.2 Å². The van der Waals surface area contributed by atoms with Crippen LogP contribution in [0.25, 0.3) is 10.2 Å². The number of thiazole rings is 1. The molecule has 1 aliphatic heterocycles. The maximum Gasteiger partial charge on any atom is 0.254 e. The van der Waals surface area contributed by atoms with Crippen molar-refractivity contribution >= 4 is 26.7 Å². The Morgan fingerprint density at radius 2 is 1.90 bits per heavy atom. The number of benzene rings is 1. The van der Waals surface area contributed by atoms with Crippen LogP contribution >= 0.6 is 11.3 Å². The molecule has 0 unspecified atom stereocenters. The van der Waals surface area contributed by atoms with Gasteiger partial charge in [0.1, 0.15) is 5.82 Å². The molecule has 2 heterocycles. The fourth-order valence-electron chi connectivity index (χ4n) is 3.07. The number of alkyl halides is 2. The summed E-state index contributed by atoms with van der Waals surface area (Å²) in [4.78, 5) is 6.52. The lowest BCUT2D eigenvalue weighted by atomic mass is 9.93. The van der Waals surface area contributed by atoms with Crippen LogP contribution in [0.15, 0.2) is 18.2 Å². The molecule has 106 valence electrons. The van der Waals surface area contributed by atoms with Crippen LogP contribution in [0.4, 0.5) is 18.3 Å². The van der Waals surface area contributed by atoms with Crippen LogP contribution in [0.3, 0.4) is 0 Å². The van der Waals surface area contributed by atoms with Gasteiger partial charge in [0.25, 0.3) is 5.92 Å². The molecule has 20 heavy (non-hydrogen) atoms. The average molecular weight is 298 g/mol. The van der Waals surface area contributed by atoms with Gasteiger partial charge in [0, 0.05) is 24.9 Å². The van der Waals surface area contributed by atoms with Crippen molar-refractivity contribution in [3.63, 3.8) is 0 Å². The van der Waals surface area contributed by atoms with E-state index in [4.69, 9.17) is 0 Å². The Kier molecular flexibility index (Phi) is 2.41. The second kappa shape index (κ2) is 3.87. The number of aromatic nitrogens is 1. The second-order valence-corrected chi connectivity index (χ2v) is 6.77. The van der Waals surface area contributed by atoms with E-state index in [2.05, 4.69) is 4.98 Å². The van der Waals surface area contributed by atoms with E-state index in [1.807, 2.05) is 4.90 Å². The summed E-state index contributed by atoms with van der Waals surface area (Å²) in [5, 5.41) is 0.810. The van der Waals surface area contributed by atoms with Crippen LogP contribution in [-0.2, 0) is 0 Å². The van der Waals surface area contributed by atoms with Gasteiger partial charge in [0.2, 0.25) is 0 Å². The second-order valence-electron chi connectivity index (χ2n) is 5.76. The molecule has 1 saturated heterocycles. The summed E-state index contributed by atoms with van der Waals surface area (Å²) < 4.78 is 40.7. The summed E-state index contributed by atoms with van der Waals surface area (Å²) in [6.07, 6.45) is 1.08. The van der Waals surface area contributed by atoms with E-state index in [9.17, 15) is 13.2 Å². The van der Waals surface area contributed by atoms with Crippen LogP contribution < -0.4 is 4.90 Å². The molecule has 6 heteroatoms. The predicted octanol–water partition coefficient (Wildman–Crippen LogP) is 4.06. The molecule has 2 aromatic rings. The standard InChI is InChI=1S/C14H13F3N2S/c15-9-1-2-10-11(7-9)20-12(18-10)19-5-3-13(4-6-19)8-14(13,16)17/h1-2,7H,3-6,8H2. The van der Waals surface area contributed by atoms with E-state index < -0.39 is 11.3 Å². The lowest BCUT2D eigenvalue weighted by Crippen LogP contribution is -2.36. The van der Waals surface area contributed by atoms with Gasteiger partial charge in [-0.3, -0.25) is 0 Å². The van der Waals surface area contributed by atoms with Gasteiger partial charge in [-0.15, -0.1) is 0 Å². The zero-order chi connectivity index (χ0) is 14.0. The third-order valence-corrected chi connectivity index (χ3v) is 5.62. The molecular weight excluding hydrogens is 285 g/mol. The molecule has 2 fully saturated rings. The highest BCUT2D eigenvalue weighted by Gasteiger charge is 2.70. The summed E-state index contributed by atoms with van der Waals surface area (Å²) in [5.41, 5.74) is 0.0233. The molecule has 0 amide bonds. The summed E-state index contributed by atoms with van der Waals surface area (Å²) in [6, 6.07) is 4.52. The van der Waals surface area contributed by atoms with Gasteiger partial charge in [0.05, 0.1) is 10.2 Å². The molecule has 2 aliphatic rings.